The molecule has 38 heavy (non-hydrogen) atoms. The Bertz CT molecular complexity index is 1480. The van der Waals surface area contributed by atoms with Crippen LogP contribution in [0, 0.1) is 0 Å². The van der Waals surface area contributed by atoms with Gasteiger partial charge in [-0.05, 0) is 55.2 Å². The highest BCUT2D eigenvalue weighted by Gasteiger charge is 2.29. The molecule has 1 saturated heterocycles. The first kappa shape index (κ1) is 25.1. The Kier molecular flexibility index (Phi) is 6.66. The lowest BCUT2D eigenvalue weighted by Gasteiger charge is -2.31. The first-order valence-corrected chi connectivity index (χ1v) is 12.0. The number of benzene rings is 2. The number of H-pyrrole nitrogens is 1. The molecule has 2 aromatic carbocycles. The number of ether oxygens (including phenoxy) is 1. The molecule has 4 aromatic rings. The Hall–Kier alpha value is -4.54. The maximum Gasteiger partial charge on any atom is 0.409 e. The maximum absolute atomic E-state index is 12.4. The zero-order valence-electron chi connectivity index (χ0n) is 20.1. The monoisotopic (exact) mass is 523 g/mol. The molecule has 3 heterocycles. The van der Waals surface area contributed by atoms with Crippen molar-refractivity contribution in [3.8, 4) is 22.8 Å². The number of nitrogens with two attached hydrogens (primary N) is 1. The maximum atomic E-state index is 12.4. The van der Waals surface area contributed by atoms with Gasteiger partial charge in [0.1, 0.15) is 17.2 Å². The van der Waals surface area contributed by atoms with Gasteiger partial charge in [-0.2, -0.15) is 13.2 Å². The van der Waals surface area contributed by atoms with Crippen molar-refractivity contribution < 1.29 is 27.5 Å². The molecule has 5 rings (SSSR count). The van der Waals surface area contributed by atoms with Crippen molar-refractivity contribution in [3.63, 3.8) is 0 Å². The van der Waals surface area contributed by atoms with Crippen molar-refractivity contribution in [1.29, 1.82) is 0 Å². The van der Waals surface area contributed by atoms with Gasteiger partial charge in [0, 0.05) is 42.6 Å². The van der Waals surface area contributed by atoms with Gasteiger partial charge in [0.05, 0.1) is 0 Å². The predicted molar refractivity (Wildman–Crippen MR) is 134 cm³/mol. The summed E-state index contributed by atoms with van der Waals surface area (Å²) in [6.07, 6.45) is -1.19. The van der Waals surface area contributed by atoms with E-state index in [0.717, 1.165) is 5.56 Å². The lowest BCUT2D eigenvalue weighted by atomic mass is 9.91. The van der Waals surface area contributed by atoms with Gasteiger partial charge in [-0.3, -0.25) is 14.7 Å². The Morgan fingerprint density at radius 2 is 1.68 bits per heavy atom. The molecule has 2 aromatic heterocycles. The van der Waals surface area contributed by atoms with Crippen molar-refractivity contribution in [2.75, 3.05) is 13.1 Å². The molecular weight excluding hydrogens is 499 g/mol. The molecule has 1 aliphatic rings. The number of alkyl halides is 3. The average Bonchev–Trinajstić information content (AvgIpc) is 3.47. The minimum atomic E-state index is -4.53. The van der Waals surface area contributed by atoms with E-state index in [2.05, 4.69) is 5.10 Å². The quantitative estimate of drug-likeness (QED) is 0.345. The third-order valence-electron chi connectivity index (χ3n) is 6.49. The molecule has 1 aliphatic heterocycles. The minimum Gasteiger partial charge on any atom is -0.457 e. The minimum absolute atomic E-state index is 0.00276. The number of nitrogens with one attached hydrogen (secondary N) is 1. The van der Waals surface area contributed by atoms with Crippen LogP contribution in [0.4, 0.5) is 13.2 Å². The number of piperidine rings is 1. The van der Waals surface area contributed by atoms with E-state index in [9.17, 15) is 22.8 Å². The van der Waals surface area contributed by atoms with Gasteiger partial charge >= 0.3 is 6.18 Å². The van der Waals surface area contributed by atoms with E-state index < -0.39 is 18.0 Å². The van der Waals surface area contributed by atoms with Crippen LogP contribution in [0.1, 0.15) is 34.8 Å². The highest BCUT2D eigenvalue weighted by atomic mass is 19.4. The number of carbonyl (C=O) groups is 2. The van der Waals surface area contributed by atoms with Crippen LogP contribution in [0.2, 0.25) is 0 Å². The number of hydrogen-bond donors (Lipinski definition) is 2. The summed E-state index contributed by atoms with van der Waals surface area (Å²) in [6, 6.07) is 16.5. The second kappa shape index (κ2) is 10.1. The highest BCUT2D eigenvalue weighted by Crippen LogP contribution is 2.34. The van der Waals surface area contributed by atoms with E-state index in [1.54, 1.807) is 35.0 Å². The van der Waals surface area contributed by atoms with Crippen LogP contribution in [0.15, 0.2) is 72.9 Å². The van der Waals surface area contributed by atoms with E-state index in [4.69, 9.17) is 15.5 Å². The summed E-state index contributed by atoms with van der Waals surface area (Å²) in [4.78, 5) is 30.6. The molecule has 3 N–H and O–H groups in total. The van der Waals surface area contributed by atoms with Gasteiger partial charge in [-0.1, -0.05) is 18.2 Å². The van der Waals surface area contributed by atoms with Crippen molar-refractivity contribution in [2.45, 2.75) is 24.9 Å². The SMILES string of the molecule is NC(=O)c1c(-c2ccc(Oc3ccccc3)cc2)nc2c(C3CCN(C(=O)/C=C/C(F)(F)F)CC3)c[nH]n12. The molecule has 8 nitrogen and oxygen atoms in total. The van der Waals surface area contributed by atoms with Crippen molar-refractivity contribution in [3.05, 3.63) is 84.2 Å². The number of aromatic amines is 1. The summed E-state index contributed by atoms with van der Waals surface area (Å²) in [5.74, 6) is -0.00208. The largest absolute Gasteiger partial charge is 0.457 e. The van der Waals surface area contributed by atoms with Crippen LogP contribution in [0.5, 0.6) is 11.5 Å². The number of primary amides is 1. The molecular formula is C27H24F3N5O3. The third-order valence-corrected chi connectivity index (χ3v) is 6.49. The molecule has 1 fully saturated rings. The second-order valence-corrected chi connectivity index (χ2v) is 8.98. The van der Waals surface area contributed by atoms with Crippen molar-refractivity contribution in [1.82, 2.24) is 19.5 Å². The Morgan fingerprint density at radius 3 is 2.32 bits per heavy atom. The van der Waals surface area contributed by atoms with E-state index >= 15 is 0 Å². The van der Waals surface area contributed by atoms with Crippen LogP contribution in [0.3, 0.4) is 0 Å². The number of carbonyl (C=O) groups excluding carboxylic acids is 2. The van der Waals surface area contributed by atoms with Crippen LogP contribution in [-0.4, -0.2) is 50.6 Å². The molecule has 0 bridgehead atoms. The number of nitrogens with zero attached hydrogens (tertiary/aromatic N) is 3. The fourth-order valence-electron chi connectivity index (χ4n) is 4.65. The van der Waals surface area contributed by atoms with E-state index in [1.165, 1.54) is 4.90 Å². The number of para-hydroxylation sites is 1. The Labute approximate surface area is 215 Å². The van der Waals surface area contributed by atoms with Crippen molar-refractivity contribution in [2.24, 2.45) is 5.73 Å². The summed E-state index contributed by atoms with van der Waals surface area (Å²) < 4.78 is 44.6. The fourth-order valence-corrected chi connectivity index (χ4v) is 4.65. The summed E-state index contributed by atoms with van der Waals surface area (Å²) >= 11 is 0. The number of allylic oxidation sites excluding steroid dienone is 1. The topological polar surface area (TPSA) is 106 Å². The molecule has 0 radical (unpaired) electrons. The normalized spacial score (nSPS) is 14.9. The number of amides is 2. The molecule has 196 valence electrons. The molecule has 2 amide bonds. The van der Waals surface area contributed by atoms with Gasteiger partial charge in [-0.15, -0.1) is 0 Å². The molecule has 0 atom stereocenters. The van der Waals surface area contributed by atoms with Crippen LogP contribution in [-0.2, 0) is 4.79 Å². The van der Waals surface area contributed by atoms with Crippen molar-refractivity contribution >= 4 is 17.5 Å². The second-order valence-electron chi connectivity index (χ2n) is 8.98. The van der Waals surface area contributed by atoms with E-state index in [-0.39, 0.29) is 17.7 Å². The highest BCUT2D eigenvalue weighted by molar-refractivity contribution is 5.98. The fraction of sp³-hybridized carbons (Fsp3) is 0.222. The average molecular weight is 524 g/mol. The zero-order chi connectivity index (χ0) is 26.9. The van der Waals surface area contributed by atoms with Crippen LogP contribution >= 0.6 is 0 Å². The summed E-state index contributed by atoms with van der Waals surface area (Å²) in [6.45, 7) is 0.615. The van der Waals surface area contributed by atoms with Gasteiger partial charge in [0.15, 0.2) is 11.3 Å². The zero-order valence-corrected chi connectivity index (χ0v) is 20.1. The number of rotatable bonds is 6. The third kappa shape index (κ3) is 5.26. The van der Waals surface area contributed by atoms with Crippen LogP contribution < -0.4 is 10.5 Å². The molecule has 0 saturated carbocycles. The molecule has 11 heteroatoms. The van der Waals surface area contributed by atoms with E-state index in [1.807, 2.05) is 30.3 Å². The van der Waals surface area contributed by atoms with Gasteiger partial charge in [0.2, 0.25) is 5.91 Å². The summed E-state index contributed by atoms with van der Waals surface area (Å²) in [5.41, 5.74) is 8.41. The lowest BCUT2D eigenvalue weighted by Crippen LogP contribution is -2.37. The molecule has 0 unspecified atom stereocenters. The smallest absolute Gasteiger partial charge is 0.409 e. The number of hydrogen-bond acceptors (Lipinski definition) is 4. The lowest BCUT2D eigenvalue weighted by molar-refractivity contribution is -0.127. The van der Waals surface area contributed by atoms with Gasteiger partial charge in [0.25, 0.3) is 5.91 Å². The Morgan fingerprint density at radius 1 is 1.03 bits per heavy atom. The number of imidazole rings is 1. The van der Waals surface area contributed by atoms with E-state index in [0.29, 0.717) is 60.4 Å². The van der Waals surface area contributed by atoms with Gasteiger partial charge in [-0.25, -0.2) is 9.50 Å². The number of halogens is 3. The summed E-state index contributed by atoms with van der Waals surface area (Å²) in [7, 11) is 0. The first-order valence-electron chi connectivity index (χ1n) is 12.0. The number of likely N-dealkylation sites (tertiary alicyclic amines) is 1. The number of aromatic nitrogens is 3. The van der Waals surface area contributed by atoms with Crippen LogP contribution in [0.25, 0.3) is 16.9 Å². The Balaban J connectivity index is 1.36. The first-order chi connectivity index (χ1) is 18.2. The molecule has 0 spiro atoms. The number of fused-ring (bicyclic) bond motifs is 1. The molecule has 0 aliphatic carbocycles. The van der Waals surface area contributed by atoms with Gasteiger partial charge < -0.3 is 15.4 Å². The predicted octanol–water partition coefficient (Wildman–Crippen LogP) is 5.05. The summed E-state index contributed by atoms with van der Waals surface area (Å²) in [5, 5.41) is 3.05. The standard InChI is InChI=1S/C27H24F3N5O3/c28-27(29,30)13-10-22(36)34-14-11-17(12-15-34)21-16-32-35-24(25(31)37)23(33-26(21)35)18-6-8-20(9-7-18)38-19-4-2-1-3-5-19/h1-10,13,16-17,32H,11-12,14-15H2,(H2,31,37)/b13-10+.